The topological polar surface area (TPSA) is 65.8 Å². The molecule has 0 unspecified atom stereocenters. The molecule has 1 aliphatic heterocycles. The monoisotopic (exact) mass is 292 g/mol. The van der Waals surface area contributed by atoms with Gasteiger partial charge in [-0.3, -0.25) is 20.6 Å². The molecule has 1 amide bonds. The second-order valence-electron chi connectivity index (χ2n) is 4.91. The molecule has 0 bridgehead atoms. The van der Waals surface area contributed by atoms with Crippen LogP contribution in [0.15, 0.2) is 64.6 Å². The van der Waals surface area contributed by atoms with Crippen LogP contribution >= 0.6 is 0 Å². The number of hydrazine groups is 1. The van der Waals surface area contributed by atoms with Gasteiger partial charge in [-0.2, -0.15) is 0 Å². The molecular weight excluding hydrogens is 276 g/mol. The number of nitrogens with zero attached hydrogens (tertiary/aromatic N) is 2. The van der Waals surface area contributed by atoms with Gasteiger partial charge in [0.2, 0.25) is 5.91 Å². The number of aliphatic imine (C=N–C) groups is 2. The summed E-state index contributed by atoms with van der Waals surface area (Å²) in [6.07, 6.45) is 0. The summed E-state index contributed by atoms with van der Waals surface area (Å²) in [6, 6.07) is 17.9. The van der Waals surface area contributed by atoms with Crippen LogP contribution in [-0.2, 0) is 4.79 Å². The number of nitrogens with one attached hydrogen (secondary N) is 2. The number of fused-ring (bicyclic) bond motifs is 1. The van der Waals surface area contributed by atoms with Gasteiger partial charge in [-0.05, 0) is 6.07 Å². The minimum atomic E-state index is -0.174. The summed E-state index contributed by atoms with van der Waals surface area (Å²) in [5.74, 6) is 0.432. The van der Waals surface area contributed by atoms with E-state index in [1.165, 1.54) is 6.92 Å². The molecule has 0 aromatic heterocycles. The van der Waals surface area contributed by atoms with Crippen molar-refractivity contribution in [2.45, 2.75) is 6.92 Å². The second-order valence-corrected chi connectivity index (χ2v) is 4.91. The van der Waals surface area contributed by atoms with Crippen molar-refractivity contribution in [3.8, 4) is 0 Å². The number of rotatable bonds is 1. The zero-order chi connectivity index (χ0) is 15.4. The summed E-state index contributed by atoms with van der Waals surface area (Å²) in [6.45, 7) is 1.82. The van der Waals surface area contributed by atoms with E-state index in [2.05, 4.69) is 20.8 Å². The van der Waals surface area contributed by atoms with Crippen LogP contribution in [0.5, 0.6) is 0 Å². The lowest BCUT2D eigenvalue weighted by Gasteiger charge is -2.07. The Hall–Kier alpha value is -2.95. The Bertz CT molecular complexity index is 750. The van der Waals surface area contributed by atoms with E-state index in [0.717, 1.165) is 22.5 Å². The van der Waals surface area contributed by atoms with Crippen LogP contribution in [0.3, 0.4) is 0 Å². The Morgan fingerprint density at radius 1 is 1.05 bits per heavy atom. The molecule has 1 aliphatic rings. The van der Waals surface area contributed by atoms with Crippen LogP contribution in [-0.4, -0.2) is 24.0 Å². The van der Waals surface area contributed by atoms with E-state index < -0.39 is 0 Å². The average molecular weight is 292 g/mol. The van der Waals surface area contributed by atoms with Crippen molar-refractivity contribution in [3.05, 3.63) is 65.7 Å². The van der Waals surface area contributed by atoms with E-state index in [1.54, 1.807) is 0 Å². The normalized spacial score (nSPS) is 13.3. The molecule has 110 valence electrons. The lowest BCUT2D eigenvalue weighted by Crippen LogP contribution is -2.41. The fourth-order valence-corrected chi connectivity index (χ4v) is 2.26. The highest BCUT2D eigenvalue weighted by Crippen LogP contribution is 2.24. The molecule has 3 rings (SSSR count). The number of amidine groups is 1. The quantitative estimate of drug-likeness (QED) is 0.791. The van der Waals surface area contributed by atoms with E-state index in [4.69, 9.17) is 0 Å². The molecule has 5 nitrogen and oxygen atoms in total. The van der Waals surface area contributed by atoms with Crippen LogP contribution in [0, 0.1) is 0 Å². The smallest absolute Gasteiger partial charge is 0.235 e. The maximum Gasteiger partial charge on any atom is 0.235 e. The van der Waals surface area contributed by atoms with Crippen molar-refractivity contribution in [1.29, 1.82) is 0 Å². The molecule has 2 aromatic carbocycles. The van der Waals surface area contributed by atoms with Gasteiger partial charge in [-0.15, -0.1) is 0 Å². The third-order valence-corrected chi connectivity index (χ3v) is 3.23. The fraction of sp³-hybridized carbons (Fsp3) is 0.118. The first-order valence-corrected chi connectivity index (χ1v) is 7.03. The second kappa shape index (κ2) is 6.22. The minimum Gasteiger partial charge on any atom is -0.284 e. The summed E-state index contributed by atoms with van der Waals surface area (Å²) in [5.41, 5.74) is 9.12. The summed E-state index contributed by atoms with van der Waals surface area (Å²) in [7, 11) is 0. The maximum atomic E-state index is 11.0. The Morgan fingerprint density at radius 3 is 2.55 bits per heavy atom. The largest absolute Gasteiger partial charge is 0.284 e. The molecule has 22 heavy (non-hydrogen) atoms. The van der Waals surface area contributed by atoms with Crippen molar-refractivity contribution in [2.75, 3.05) is 6.54 Å². The Balaban J connectivity index is 2.00. The van der Waals surface area contributed by atoms with Crippen LogP contribution < -0.4 is 10.9 Å². The number of carbonyl (C=O) groups excluding carboxylic acids is 1. The summed E-state index contributed by atoms with van der Waals surface area (Å²) >= 11 is 0. The average Bonchev–Trinajstić information content (AvgIpc) is 2.73. The Morgan fingerprint density at radius 2 is 1.77 bits per heavy atom. The molecule has 5 heteroatoms. The first-order valence-electron chi connectivity index (χ1n) is 7.03. The van der Waals surface area contributed by atoms with Gasteiger partial charge in [0.05, 0.1) is 17.9 Å². The zero-order valence-electron chi connectivity index (χ0n) is 12.2. The third-order valence-electron chi connectivity index (χ3n) is 3.23. The van der Waals surface area contributed by atoms with Gasteiger partial charge in [0, 0.05) is 18.1 Å². The van der Waals surface area contributed by atoms with Crippen molar-refractivity contribution in [2.24, 2.45) is 9.98 Å². The zero-order valence-corrected chi connectivity index (χ0v) is 12.2. The van der Waals surface area contributed by atoms with Gasteiger partial charge >= 0.3 is 0 Å². The lowest BCUT2D eigenvalue weighted by atomic mass is 10.0. The van der Waals surface area contributed by atoms with Gasteiger partial charge in [0.25, 0.3) is 0 Å². The van der Waals surface area contributed by atoms with E-state index in [9.17, 15) is 4.79 Å². The van der Waals surface area contributed by atoms with Gasteiger partial charge < -0.3 is 0 Å². The third kappa shape index (κ3) is 3.03. The predicted molar refractivity (Wildman–Crippen MR) is 87.4 cm³/mol. The fourth-order valence-electron chi connectivity index (χ4n) is 2.26. The van der Waals surface area contributed by atoms with Crippen LogP contribution in [0.1, 0.15) is 18.1 Å². The molecule has 2 aromatic rings. The number of hydrogen-bond donors (Lipinski definition) is 2. The highest BCUT2D eigenvalue weighted by molar-refractivity contribution is 6.17. The van der Waals surface area contributed by atoms with Gasteiger partial charge in [-0.25, -0.2) is 4.99 Å². The molecule has 1 heterocycles. The summed E-state index contributed by atoms with van der Waals surface area (Å²) < 4.78 is 0. The first-order chi connectivity index (χ1) is 10.7. The number of carbonyl (C=O) groups is 1. The van der Waals surface area contributed by atoms with Crippen molar-refractivity contribution >= 4 is 23.1 Å². The molecule has 0 atom stereocenters. The molecular formula is C17H16N4O. The van der Waals surface area contributed by atoms with Crippen molar-refractivity contribution in [3.63, 3.8) is 0 Å². The number of hydrogen-bond acceptors (Lipinski definition) is 4. The maximum absolute atomic E-state index is 11.0. The van der Waals surface area contributed by atoms with Crippen molar-refractivity contribution < 1.29 is 4.79 Å². The van der Waals surface area contributed by atoms with E-state index >= 15 is 0 Å². The molecule has 0 spiro atoms. The molecule has 0 radical (unpaired) electrons. The molecule has 0 saturated heterocycles. The van der Waals surface area contributed by atoms with Crippen molar-refractivity contribution in [1.82, 2.24) is 10.9 Å². The Kier molecular flexibility index (Phi) is 3.96. The van der Waals surface area contributed by atoms with E-state index in [-0.39, 0.29) is 5.91 Å². The molecule has 2 N–H and O–H groups in total. The molecule has 0 saturated carbocycles. The molecule has 0 aliphatic carbocycles. The van der Waals surface area contributed by atoms with E-state index in [1.807, 2.05) is 54.6 Å². The first kappa shape index (κ1) is 14.0. The van der Waals surface area contributed by atoms with Crippen LogP contribution in [0.2, 0.25) is 0 Å². The SMILES string of the molecule is CC(=O)NNC1=Nc2ccccc2C(c2ccccc2)=NC1. The van der Waals surface area contributed by atoms with E-state index in [0.29, 0.717) is 12.4 Å². The number of para-hydroxylation sites is 1. The van der Waals surface area contributed by atoms with Crippen LogP contribution in [0.4, 0.5) is 5.69 Å². The lowest BCUT2D eigenvalue weighted by molar-refractivity contribution is -0.119. The summed E-state index contributed by atoms with van der Waals surface area (Å²) in [4.78, 5) is 20.3. The number of amides is 1. The predicted octanol–water partition coefficient (Wildman–Crippen LogP) is 2.21. The minimum absolute atomic E-state index is 0.174. The van der Waals surface area contributed by atoms with Crippen LogP contribution in [0.25, 0.3) is 0 Å². The Labute approximate surface area is 128 Å². The van der Waals surface area contributed by atoms with Gasteiger partial charge in [-0.1, -0.05) is 48.5 Å². The molecule has 0 fully saturated rings. The van der Waals surface area contributed by atoms with Gasteiger partial charge in [0.1, 0.15) is 5.84 Å². The standard InChI is InChI=1S/C17H16N4O/c1-12(22)20-21-16-11-18-17(13-7-3-2-4-8-13)14-9-5-6-10-15(14)19-16/h2-10H,11H2,1H3,(H,19,21)(H,20,22). The van der Waals surface area contributed by atoms with Gasteiger partial charge in [0.15, 0.2) is 0 Å². The highest BCUT2D eigenvalue weighted by atomic mass is 16.2. The summed E-state index contributed by atoms with van der Waals surface area (Å²) in [5, 5.41) is 0. The number of benzene rings is 2. The highest BCUT2D eigenvalue weighted by Gasteiger charge is 2.15.